The number of nitro groups is 1. The zero-order valence-corrected chi connectivity index (χ0v) is 12.9. The van der Waals surface area contributed by atoms with E-state index in [9.17, 15) is 19.7 Å². The molecule has 0 aliphatic carbocycles. The average Bonchev–Trinajstić information content (AvgIpc) is 2.51. The summed E-state index contributed by atoms with van der Waals surface area (Å²) in [5.41, 5.74) is 0.255. The fraction of sp³-hybridized carbons (Fsp3) is 0.467. The maximum atomic E-state index is 11.8. The van der Waals surface area contributed by atoms with Crippen molar-refractivity contribution in [1.29, 1.82) is 0 Å². The predicted molar refractivity (Wildman–Crippen MR) is 85.3 cm³/mol. The molecule has 0 fully saturated rings. The van der Waals surface area contributed by atoms with E-state index < -0.39 is 22.8 Å². The van der Waals surface area contributed by atoms with Gasteiger partial charge in [-0.2, -0.15) is 0 Å². The van der Waals surface area contributed by atoms with Gasteiger partial charge in [0.05, 0.1) is 4.92 Å². The fourth-order valence-corrected chi connectivity index (χ4v) is 2.03. The molecular weight excluding hydrogens is 302 g/mol. The summed E-state index contributed by atoms with van der Waals surface area (Å²) in [4.78, 5) is 33.2. The van der Waals surface area contributed by atoms with Gasteiger partial charge in [-0.05, 0) is 12.5 Å². The number of hydrogen-bond acceptors (Lipinski definition) is 5. The Labute approximate surface area is 134 Å². The minimum atomic E-state index is -1.06. The number of hydrogen-bond donors (Lipinski definition) is 3. The number of nitro benzene ring substituents is 1. The summed E-state index contributed by atoms with van der Waals surface area (Å²) in [5, 5.41) is 25.2. The van der Waals surface area contributed by atoms with Crippen LogP contribution in [0, 0.1) is 10.1 Å². The zero-order chi connectivity index (χ0) is 17.2. The van der Waals surface area contributed by atoms with Crippen molar-refractivity contribution >= 4 is 23.3 Å². The van der Waals surface area contributed by atoms with Crippen LogP contribution in [-0.4, -0.2) is 34.5 Å². The van der Waals surface area contributed by atoms with Crippen molar-refractivity contribution < 1.29 is 19.6 Å². The molecule has 23 heavy (non-hydrogen) atoms. The SMILES string of the molecule is CCCC[C@H](NC(=O)CCNc1ccccc1[N+](=O)[O-])C(=O)O. The quantitative estimate of drug-likeness (QED) is 0.448. The molecule has 0 saturated heterocycles. The van der Waals surface area contributed by atoms with Gasteiger partial charge in [0.2, 0.25) is 5.91 Å². The van der Waals surface area contributed by atoms with E-state index in [4.69, 9.17) is 5.11 Å². The van der Waals surface area contributed by atoms with Crippen LogP contribution in [0.15, 0.2) is 24.3 Å². The first-order chi connectivity index (χ1) is 11.0. The number of nitrogens with one attached hydrogen (secondary N) is 2. The molecule has 0 spiro atoms. The van der Waals surface area contributed by atoms with Crippen LogP contribution >= 0.6 is 0 Å². The van der Waals surface area contributed by atoms with Crippen LogP contribution in [0.1, 0.15) is 32.6 Å². The summed E-state index contributed by atoms with van der Waals surface area (Å²) < 4.78 is 0. The molecule has 0 aliphatic heterocycles. The van der Waals surface area contributed by atoms with Crippen molar-refractivity contribution in [2.24, 2.45) is 0 Å². The molecule has 0 aliphatic rings. The summed E-state index contributed by atoms with van der Waals surface area (Å²) in [7, 11) is 0. The maximum absolute atomic E-state index is 11.8. The second kappa shape index (κ2) is 9.39. The van der Waals surface area contributed by atoms with E-state index in [-0.39, 0.29) is 18.7 Å². The monoisotopic (exact) mass is 323 g/mol. The number of nitrogens with zero attached hydrogens (tertiary/aromatic N) is 1. The summed E-state index contributed by atoms with van der Waals surface area (Å²) in [6.07, 6.45) is 1.97. The molecule has 1 rings (SSSR count). The molecule has 1 aromatic rings. The van der Waals surface area contributed by atoms with Crippen LogP contribution in [0.5, 0.6) is 0 Å². The summed E-state index contributed by atoms with van der Waals surface area (Å²) in [6.45, 7) is 2.12. The molecule has 0 bridgehead atoms. The lowest BCUT2D eigenvalue weighted by Crippen LogP contribution is -2.41. The molecule has 0 saturated carbocycles. The molecule has 0 heterocycles. The van der Waals surface area contributed by atoms with Crippen LogP contribution in [-0.2, 0) is 9.59 Å². The van der Waals surface area contributed by atoms with E-state index in [1.165, 1.54) is 6.07 Å². The first kappa shape index (κ1) is 18.4. The fourth-order valence-electron chi connectivity index (χ4n) is 2.03. The van der Waals surface area contributed by atoms with Gasteiger partial charge in [0.1, 0.15) is 11.7 Å². The third-order valence-electron chi connectivity index (χ3n) is 3.25. The third kappa shape index (κ3) is 6.33. The number of carboxylic acid groups (broad SMARTS) is 1. The Morgan fingerprint density at radius 3 is 2.65 bits per heavy atom. The van der Waals surface area contributed by atoms with Gasteiger partial charge in [-0.25, -0.2) is 4.79 Å². The second-order valence-electron chi connectivity index (χ2n) is 5.05. The Morgan fingerprint density at radius 2 is 2.04 bits per heavy atom. The Bertz CT molecular complexity index is 562. The van der Waals surface area contributed by atoms with Gasteiger partial charge in [-0.15, -0.1) is 0 Å². The van der Waals surface area contributed by atoms with Gasteiger partial charge in [0.25, 0.3) is 5.69 Å². The average molecular weight is 323 g/mol. The number of benzene rings is 1. The maximum Gasteiger partial charge on any atom is 0.326 e. The molecule has 0 radical (unpaired) electrons. The predicted octanol–water partition coefficient (Wildman–Crippen LogP) is 2.16. The number of carbonyl (C=O) groups excluding carboxylic acids is 1. The molecule has 0 unspecified atom stereocenters. The summed E-state index contributed by atoms with van der Waals surface area (Å²) in [5.74, 6) is -1.46. The Hall–Kier alpha value is -2.64. The van der Waals surface area contributed by atoms with E-state index >= 15 is 0 Å². The van der Waals surface area contributed by atoms with Crippen molar-refractivity contribution in [3.8, 4) is 0 Å². The van der Waals surface area contributed by atoms with Gasteiger partial charge in [0.15, 0.2) is 0 Å². The lowest BCUT2D eigenvalue weighted by Gasteiger charge is -2.14. The molecule has 1 atom stereocenters. The molecule has 0 aromatic heterocycles. The highest BCUT2D eigenvalue weighted by Crippen LogP contribution is 2.22. The van der Waals surface area contributed by atoms with Crippen LogP contribution in [0.3, 0.4) is 0 Å². The third-order valence-corrected chi connectivity index (χ3v) is 3.25. The van der Waals surface area contributed by atoms with E-state index in [1.807, 2.05) is 6.92 Å². The number of carbonyl (C=O) groups is 2. The Balaban J connectivity index is 2.47. The number of aliphatic carboxylic acids is 1. The largest absolute Gasteiger partial charge is 0.480 e. The standard InChI is InChI=1S/C15H21N3O5/c1-2-3-6-12(15(20)21)17-14(19)9-10-16-11-7-4-5-8-13(11)18(22)23/h4-5,7-8,12,16H,2-3,6,9-10H2,1H3,(H,17,19)(H,20,21)/t12-/m0/s1. The highest BCUT2D eigenvalue weighted by molar-refractivity contribution is 5.83. The van der Waals surface area contributed by atoms with Crippen molar-refractivity contribution in [3.63, 3.8) is 0 Å². The van der Waals surface area contributed by atoms with Crippen molar-refractivity contribution in [2.45, 2.75) is 38.6 Å². The number of rotatable bonds is 10. The molecule has 8 heteroatoms. The van der Waals surface area contributed by atoms with E-state index in [2.05, 4.69) is 10.6 Å². The van der Waals surface area contributed by atoms with Crippen LogP contribution < -0.4 is 10.6 Å². The van der Waals surface area contributed by atoms with Crippen molar-refractivity contribution in [2.75, 3.05) is 11.9 Å². The minimum Gasteiger partial charge on any atom is -0.480 e. The number of carboxylic acids is 1. The number of amides is 1. The summed E-state index contributed by atoms with van der Waals surface area (Å²) in [6, 6.07) is 5.24. The van der Waals surface area contributed by atoms with Gasteiger partial charge in [-0.1, -0.05) is 31.9 Å². The van der Waals surface area contributed by atoms with Gasteiger partial charge >= 0.3 is 5.97 Å². The summed E-state index contributed by atoms with van der Waals surface area (Å²) >= 11 is 0. The van der Waals surface area contributed by atoms with Gasteiger partial charge in [0, 0.05) is 19.0 Å². The van der Waals surface area contributed by atoms with E-state index in [0.29, 0.717) is 18.5 Å². The van der Waals surface area contributed by atoms with Crippen LogP contribution in [0.25, 0.3) is 0 Å². The first-order valence-electron chi connectivity index (χ1n) is 7.45. The number of unbranched alkanes of at least 4 members (excludes halogenated alkanes) is 1. The van der Waals surface area contributed by atoms with Crippen molar-refractivity contribution in [3.05, 3.63) is 34.4 Å². The molecule has 1 aromatic carbocycles. The lowest BCUT2D eigenvalue weighted by atomic mass is 10.1. The molecule has 1 amide bonds. The minimum absolute atomic E-state index is 0.0297. The van der Waals surface area contributed by atoms with E-state index in [1.54, 1.807) is 18.2 Å². The normalized spacial score (nSPS) is 11.5. The smallest absolute Gasteiger partial charge is 0.326 e. The Kier molecular flexibility index (Phi) is 7.52. The van der Waals surface area contributed by atoms with Gasteiger partial charge in [-0.3, -0.25) is 14.9 Å². The Morgan fingerprint density at radius 1 is 1.35 bits per heavy atom. The topological polar surface area (TPSA) is 122 Å². The highest BCUT2D eigenvalue weighted by Gasteiger charge is 2.19. The number of anilines is 1. The van der Waals surface area contributed by atoms with Gasteiger partial charge < -0.3 is 15.7 Å². The first-order valence-corrected chi connectivity index (χ1v) is 7.45. The number of para-hydroxylation sites is 2. The molecule has 3 N–H and O–H groups in total. The van der Waals surface area contributed by atoms with Crippen LogP contribution in [0.2, 0.25) is 0 Å². The second-order valence-corrected chi connectivity index (χ2v) is 5.05. The lowest BCUT2D eigenvalue weighted by molar-refractivity contribution is -0.384. The molecular formula is C15H21N3O5. The highest BCUT2D eigenvalue weighted by atomic mass is 16.6. The molecule has 126 valence electrons. The molecule has 8 nitrogen and oxygen atoms in total. The van der Waals surface area contributed by atoms with Crippen LogP contribution in [0.4, 0.5) is 11.4 Å². The zero-order valence-electron chi connectivity index (χ0n) is 12.9. The van der Waals surface area contributed by atoms with Crippen molar-refractivity contribution in [1.82, 2.24) is 5.32 Å². The van der Waals surface area contributed by atoms with E-state index in [0.717, 1.165) is 6.42 Å².